The fourth-order valence-corrected chi connectivity index (χ4v) is 6.20. The minimum Gasteiger partial charge on any atom is -0.363 e. The van der Waals surface area contributed by atoms with Crippen molar-refractivity contribution in [2.75, 3.05) is 0 Å². The molecule has 1 aliphatic rings. The maximum absolute atomic E-state index is 2.47. The van der Waals surface area contributed by atoms with Crippen LogP contribution in [0.2, 0.25) is 13.1 Å². The van der Waals surface area contributed by atoms with E-state index in [0.717, 1.165) is 0 Å². The van der Waals surface area contributed by atoms with E-state index in [0.29, 0.717) is 11.5 Å². The molecule has 1 nitrogen and oxygen atoms in total. The van der Waals surface area contributed by atoms with Gasteiger partial charge in [0.05, 0.1) is 11.5 Å². The van der Waals surface area contributed by atoms with Crippen molar-refractivity contribution in [3.63, 3.8) is 0 Å². The Bertz CT molecular complexity index is 369. The minimum atomic E-state index is -0.763. The average molecular weight is 252 g/mol. The van der Waals surface area contributed by atoms with Crippen molar-refractivity contribution < 1.29 is 4.57 Å². The third-order valence-corrected chi connectivity index (χ3v) is 6.65. The van der Waals surface area contributed by atoms with E-state index in [1.165, 1.54) is 5.57 Å². The lowest BCUT2D eigenvalue weighted by Crippen LogP contribution is -3.22. The summed E-state index contributed by atoms with van der Waals surface area (Å²) in [6, 6.07) is 0. The fraction of sp³-hybridized carbons (Fsp3) is 0.733. The summed E-state index contributed by atoms with van der Waals surface area (Å²) < 4.78 is 1.78. The van der Waals surface area contributed by atoms with Crippen LogP contribution in [0.25, 0.3) is 0 Å². The van der Waals surface area contributed by atoms with Gasteiger partial charge < -0.3 is 4.57 Å². The summed E-state index contributed by atoms with van der Waals surface area (Å²) >= 11 is 0. The van der Waals surface area contributed by atoms with Gasteiger partial charge in [-0.25, -0.2) is 0 Å². The first-order valence-corrected chi connectivity index (χ1v) is 9.73. The van der Waals surface area contributed by atoms with E-state index < -0.39 is 8.96 Å². The van der Waals surface area contributed by atoms with Gasteiger partial charge in [-0.15, -0.1) is 0 Å². The normalized spacial score (nSPS) is 24.0. The third-order valence-electron chi connectivity index (χ3n) is 4.32. The van der Waals surface area contributed by atoms with Crippen LogP contribution in [0.4, 0.5) is 0 Å². The zero-order chi connectivity index (χ0) is 13.5. The summed E-state index contributed by atoms with van der Waals surface area (Å²) in [5.41, 5.74) is 6.67. The number of allylic oxidation sites excluding steroid dienone is 3. The van der Waals surface area contributed by atoms with Crippen LogP contribution >= 0.6 is 0 Å². The molecule has 0 amide bonds. The summed E-state index contributed by atoms with van der Waals surface area (Å²) in [5.74, 6) is 0.638. The van der Waals surface area contributed by atoms with Crippen LogP contribution < -0.4 is 4.57 Å². The van der Waals surface area contributed by atoms with Gasteiger partial charge in [0.2, 0.25) is 0 Å². The molecule has 1 rings (SSSR count). The Balaban J connectivity index is 3.25. The van der Waals surface area contributed by atoms with Crippen molar-refractivity contribution in [2.45, 2.75) is 67.1 Å². The van der Waals surface area contributed by atoms with Crippen molar-refractivity contribution in [2.24, 2.45) is 5.92 Å². The van der Waals surface area contributed by atoms with Gasteiger partial charge in [-0.1, -0.05) is 5.57 Å². The topological polar surface area (TPSA) is 4.44 Å². The van der Waals surface area contributed by atoms with Gasteiger partial charge in [0.25, 0.3) is 8.96 Å². The Morgan fingerprint density at radius 2 is 1.47 bits per heavy atom. The highest BCUT2D eigenvalue weighted by Gasteiger charge is 2.39. The van der Waals surface area contributed by atoms with Crippen LogP contribution in [0.1, 0.15) is 48.5 Å². The second kappa shape index (κ2) is 4.73. The van der Waals surface area contributed by atoms with Crippen molar-refractivity contribution >= 4 is 8.96 Å². The molecule has 2 unspecified atom stereocenters. The molecule has 0 aromatic heterocycles. The molecule has 0 spiro atoms. The van der Waals surface area contributed by atoms with Gasteiger partial charge in [0, 0.05) is 5.57 Å². The average Bonchev–Trinajstić information content (AvgIpc) is 2.33. The van der Waals surface area contributed by atoms with E-state index in [1.54, 1.807) is 21.4 Å². The number of hydrogen-bond donors (Lipinski definition) is 1. The zero-order valence-corrected chi connectivity index (χ0v) is 14.3. The van der Waals surface area contributed by atoms with E-state index >= 15 is 0 Å². The second-order valence-corrected chi connectivity index (χ2v) is 9.77. The van der Waals surface area contributed by atoms with Gasteiger partial charge in [0.15, 0.2) is 0 Å². The summed E-state index contributed by atoms with van der Waals surface area (Å²) in [4.78, 5) is 0. The monoisotopic (exact) mass is 252 g/mol. The first-order chi connectivity index (χ1) is 7.59. The maximum Gasteiger partial charge on any atom is 0.267 e. The SMILES string of the molecule is CC1=C(C)C(C)C([NH+]([SiH](C)C)C(C)(C)C)=C1C. The quantitative estimate of drug-likeness (QED) is 0.721. The summed E-state index contributed by atoms with van der Waals surface area (Å²) in [6.07, 6.45) is 0. The van der Waals surface area contributed by atoms with Crippen molar-refractivity contribution in [3.05, 3.63) is 22.4 Å². The van der Waals surface area contributed by atoms with Crippen LogP contribution in [-0.2, 0) is 0 Å². The molecule has 98 valence electrons. The van der Waals surface area contributed by atoms with Crippen LogP contribution in [0.5, 0.6) is 0 Å². The Kier molecular flexibility index (Phi) is 4.10. The van der Waals surface area contributed by atoms with E-state index in [1.807, 2.05) is 0 Å². The van der Waals surface area contributed by atoms with E-state index in [4.69, 9.17) is 0 Å². The molecule has 0 fully saturated rings. The largest absolute Gasteiger partial charge is 0.363 e. The van der Waals surface area contributed by atoms with Gasteiger partial charge in [0.1, 0.15) is 5.70 Å². The molecule has 0 bridgehead atoms. The van der Waals surface area contributed by atoms with Crippen LogP contribution in [0.3, 0.4) is 0 Å². The third kappa shape index (κ3) is 2.58. The number of hydrogen-bond acceptors (Lipinski definition) is 0. The second-order valence-electron chi connectivity index (χ2n) is 6.89. The van der Waals surface area contributed by atoms with E-state index in [-0.39, 0.29) is 0 Å². The lowest BCUT2D eigenvalue weighted by atomic mass is 10.00. The van der Waals surface area contributed by atoms with Crippen molar-refractivity contribution in [1.82, 2.24) is 0 Å². The summed E-state index contributed by atoms with van der Waals surface area (Å²) in [7, 11) is -0.763. The zero-order valence-electron chi connectivity index (χ0n) is 13.2. The highest BCUT2D eigenvalue weighted by molar-refractivity contribution is 6.46. The molecule has 0 saturated heterocycles. The first-order valence-electron chi connectivity index (χ1n) is 6.85. The Morgan fingerprint density at radius 3 is 1.71 bits per heavy atom. The molecular weight excluding hydrogens is 222 g/mol. The Labute approximate surface area is 109 Å². The van der Waals surface area contributed by atoms with Gasteiger partial charge >= 0.3 is 0 Å². The van der Waals surface area contributed by atoms with Crippen LogP contribution in [0.15, 0.2) is 22.4 Å². The lowest BCUT2D eigenvalue weighted by Gasteiger charge is -2.39. The summed E-state index contributed by atoms with van der Waals surface area (Å²) in [5, 5.41) is 0. The van der Waals surface area contributed by atoms with Gasteiger partial charge in [-0.05, 0) is 67.1 Å². The smallest absolute Gasteiger partial charge is 0.267 e. The number of quaternary nitrogens is 1. The van der Waals surface area contributed by atoms with E-state index in [9.17, 15) is 0 Å². The number of rotatable bonds is 2. The van der Waals surface area contributed by atoms with Gasteiger partial charge in [-0.3, -0.25) is 0 Å². The standard InChI is InChI=1S/C15H29NSi/c1-10-11(2)13(4)14(12(10)3)16(17(8)9)15(5,6)7/h12,17H,1-9H3/p+1. The molecule has 0 radical (unpaired) electrons. The molecule has 2 atom stereocenters. The number of nitrogens with one attached hydrogen (secondary N) is 1. The van der Waals surface area contributed by atoms with Gasteiger partial charge in [-0.2, -0.15) is 0 Å². The fourth-order valence-electron chi connectivity index (χ4n) is 3.38. The van der Waals surface area contributed by atoms with Crippen molar-refractivity contribution in [3.8, 4) is 0 Å². The highest BCUT2D eigenvalue weighted by Crippen LogP contribution is 2.34. The predicted molar refractivity (Wildman–Crippen MR) is 79.8 cm³/mol. The molecule has 1 N–H and O–H groups in total. The lowest BCUT2D eigenvalue weighted by molar-refractivity contribution is -0.807. The van der Waals surface area contributed by atoms with Crippen molar-refractivity contribution in [1.29, 1.82) is 0 Å². The predicted octanol–water partition coefficient (Wildman–Crippen LogP) is 2.91. The molecule has 0 heterocycles. The Hall–Kier alpha value is -0.343. The molecule has 1 aliphatic carbocycles. The van der Waals surface area contributed by atoms with Crippen LogP contribution in [0, 0.1) is 5.92 Å². The minimum absolute atomic E-state index is 0.330. The van der Waals surface area contributed by atoms with E-state index in [2.05, 4.69) is 61.6 Å². The maximum atomic E-state index is 2.47. The van der Waals surface area contributed by atoms with Crippen LogP contribution in [-0.4, -0.2) is 14.5 Å². The molecule has 2 heteroatoms. The first kappa shape index (κ1) is 14.7. The molecule has 0 saturated carbocycles. The summed E-state index contributed by atoms with van der Waals surface area (Å²) in [6.45, 7) is 21.4. The highest BCUT2D eigenvalue weighted by atomic mass is 28.3. The molecular formula is C15H30NSi+. The molecule has 0 aromatic carbocycles. The molecule has 0 aromatic rings. The Morgan fingerprint density at radius 1 is 1.00 bits per heavy atom. The molecule has 0 aliphatic heterocycles. The molecule has 17 heavy (non-hydrogen) atoms.